The van der Waals surface area contributed by atoms with Crippen molar-refractivity contribution in [2.24, 2.45) is 0 Å². The van der Waals surface area contributed by atoms with Crippen LogP contribution in [-0.2, 0) is 9.53 Å². The quantitative estimate of drug-likeness (QED) is 0.790. The Balaban J connectivity index is 1.85. The van der Waals surface area contributed by atoms with Crippen molar-refractivity contribution in [1.29, 1.82) is 0 Å². The second-order valence-corrected chi connectivity index (χ2v) is 6.57. The zero-order valence-corrected chi connectivity index (χ0v) is 16.0. The first kappa shape index (κ1) is 19.2. The van der Waals surface area contributed by atoms with Crippen molar-refractivity contribution in [2.75, 3.05) is 44.4 Å². The SMILES string of the molecule is CCOc1cc2cnc(N3CCOCC3)nc2cc1OCC(=O)NC(C)C. The van der Waals surface area contributed by atoms with Crippen LogP contribution in [-0.4, -0.2) is 61.4 Å². The minimum absolute atomic E-state index is 0.0629. The van der Waals surface area contributed by atoms with Crippen LogP contribution in [0.1, 0.15) is 20.8 Å². The van der Waals surface area contributed by atoms with Crippen molar-refractivity contribution in [3.63, 3.8) is 0 Å². The van der Waals surface area contributed by atoms with Crippen LogP contribution < -0.4 is 19.7 Å². The minimum atomic E-state index is -0.177. The highest BCUT2D eigenvalue weighted by Crippen LogP contribution is 2.32. The predicted molar refractivity (Wildman–Crippen MR) is 103 cm³/mol. The van der Waals surface area contributed by atoms with Gasteiger partial charge >= 0.3 is 0 Å². The van der Waals surface area contributed by atoms with Gasteiger partial charge in [0.2, 0.25) is 5.95 Å². The highest BCUT2D eigenvalue weighted by atomic mass is 16.5. The van der Waals surface area contributed by atoms with E-state index in [-0.39, 0.29) is 18.6 Å². The number of aromatic nitrogens is 2. The van der Waals surface area contributed by atoms with E-state index in [4.69, 9.17) is 14.2 Å². The van der Waals surface area contributed by atoms with Crippen LogP contribution in [0.3, 0.4) is 0 Å². The van der Waals surface area contributed by atoms with Crippen LogP contribution in [0.25, 0.3) is 10.9 Å². The molecule has 1 aromatic heterocycles. The maximum atomic E-state index is 11.9. The van der Waals surface area contributed by atoms with Gasteiger partial charge in [0.15, 0.2) is 18.1 Å². The fraction of sp³-hybridized carbons (Fsp3) is 0.526. The van der Waals surface area contributed by atoms with Gasteiger partial charge in [0.05, 0.1) is 25.3 Å². The second-order valence-electron chi connectivity index (χ2n) is 6.57. The molecule has 0 unspecified atom stereocenters. The third kappa shape index (κ3) is 4.97. The Kier molecular flexibility index (Phi) is 6.28. The summed E-state index contributed by atoms with van der Waals surface area (Å²) < 4.78 is 16.8. The predicted octanol–water partition coefficient (Wildman–Crippen LogP) is 1.77. The first-order valence-corrected chi connectivity index (χ1v) is 9.25. The average Bonchev–Trinajstić information content (AvgIpc) is 2.66. The number of anilines is 1. The summed E-state index contributed by atoms with van der Waals surface area (Å²) in [5.74, 6) is 1.56. The monoisotopic (exact) mass is 374 g/mol. The molecule has 8 heteroatoms. The Morgan fingerprint density at radius 3 is 2.70 bits per heavy atom. The largest absolute Gasteiger partial charge is 0.490 e. The van der Waals surface area contributed by atoms with E-state index in [2.05, 4.69) is 20.2 Å². The van der Waals surface area contributed by atoms with Crippen LogP contribution in [0.5, 0.6) is 11.5 Å². The highest BCUT2D eigenvalue weighted by Gasteiger charge is 2.16. The lowest BCUT2D eigenvalue weighted by molar-refractivity contribution is -0.123. The number of hydrogen-bond donors (Lipinski definition) is 1. The van der Waals surface area contributed by atoms with Gasteiger partial charge in [-0.1, -0.05) is 0 Å². The summed E-state index contributed by atoms with van der Waals surface area (Å²) in [6, 6.07) is 3.71. The van der Waals surface area contributed by atoms with Crippen LogP contribution in [0.15, 0.2) is 18.3 Å². The fourth-order valence-electron chi connectivity index (χ4n) is 2.83. The molecule has 1 N–H and O–H groups in total. The number of ether oxygens (including phenoxy) is 3. The van der Waals surface area contributed by atoms with Gasteiger partial charge in [-0.2, -0.15) is 0 Å². The van der Waals surface area contributed by atoms with E-state index in [0.717, 1.165) is 24.0 Å². The summed E-state index contributed by atoms with van der Waals surface area (Å²) in [6.07, 6.45) is 1.78. The number of carbonyl (C=O) groups excluding carboxylic acids is 1. The molecule has 3 rings (SSSR count). The molecule has 2 aromatic rings. The third-order valence-electron chi connectivity index (χ3n) is 4.03. The van der Waals surface area contributed by atoms with Crippen molar-refractivity contribution >= 4 is 22.8 Å². The van der Waals surface area contributed by atoms with Gasteiger partial charge in [0.25, 0.3) is 5.91 Å². The number of benzene rings is 1. The Bertz CT molecular complexity index is 791. The number of amides is 1. The summed E-state index contributed by atoms with van der Waals surface area (Å²) in [4.78, 5) is 23.1. The third-order valence-corrected chi connectivity index (χ3v) is 4.03. The number of nitrogens with one attached hydrogen (secondary N) is 1. The summed E-state index contributed by atoms with van der Waals surface area (Å²) in [7, 11) is 0. The Morgan fingerprint density at radius 2 is 2.00 bits per heavy atom. The number of hydrogen-bond acceptors (Lipinski definition) is 7. The lowest BCUT2D eigenvalue weighted by Gasteiger charge is -2.26. The van der Waals surface area contributed by atoms with E-state index in [9.17, 15) is 4.79 Å². The zero-order valence-electron chi connectivity index (χ0n) is 16.0. The van der Waals surface area contributed by atoms with Crippen molar-refractivity contribution in [3.05, 3.63) is 18.3 Å². The maximum absolute atomic E-state index is 11.9. The molecule has 1 amide bonds. The summed E-state index contributed by atoms with van der Waals surface area (Å²) in [5.41, 5.74) is 0.745. The van der Waals surface area contributed by atoms with Crippen LogP contribution in [0.2, 0.25) is 0 Å². The number of morpholine rings is 1. The molecular formula is C19H26N4O4. The molecule has 0 bridgehead atoms. The first-order chi connectivity index (χ1) is 13.1. The average molecular weight is 374 g/mol. The molecule has 0 saturated carbocycles. The molecule has 8 nitrogen and oxygen atoms in total. The molecule has 0 spiro atoms. The molecule has 1 aliphatic rings. The van der Waals surface area contributed by atoms with Gasteiger partial charge in [-0.25, -0.2) is 9.97 Å². The van der Waals surface area contributed by atoms with Crippen molar-refractivity contribution in [3.8, 4) is 11.5 Å². The Morgan fingerprint density at radius 1 is 1.26 bits per heavy atom. The van der Waals surface area contributed by atoms with Gasteiger partial charge in [-0.05, 0) is 26.8 Å². The van der Waals surface area contributed by atoms with E-state index in [0.29, 0.717) is 37.3 Å². The molecule has 1 saturated heterocycles. The Labute approximate surface area is 158 Å². The maximum Gasteiger partial charge on any atom is 0.258 e. The summed E-state index contributed by atoms with van der Waals surface area (Å²) in [5, 5.41) is 3.66. The van der Waals surface area contributed by atoms with E-state index in [1.807, 2.05) is 26.8 Å². The van der Waals surface area contributed by atoms with Crippen LogP contribution in [0, 0.1) is 0 Å². The fourth-order valence-corrected chi connectivity index (χ4v) is 2.83. The highest BCUT2D eigenvalue weighted by molar-refractivity contribution is 5.83. The van der Waals surface area contributed by atoms with E-state index >= 15 is 0 Å². The normalized spacial score (nSPS) is 14.4. The molecule has 0 radical (unpaired) electrons. The van der Waals surface area contributed by atoms with E-state index in [1.165, 1.54) is 0 Å². The van der Waals surface area contributed by atoms with Crippen LogP contribution >= 0.6 is 0 Å². The number of carbonyl (C=O) groups is 1. The van der Waals surface area contributed by atoms with Gasteiger partial charge < -0.3 is 24.4 Å². The Hall–Kier alpha value is -2.61. The minimum Gasteiger partial charge on any atom is -0.490 e. The van der Waals surface area contributed by atoms with Gasteiger partial charge in [-0.3, -0.25) is 4.79 Å². The summed E-state index contributed by atoms with van der Waals surface area (Å²) in [6.45, 7) is 9.00. The molecular weight excluding hydrogens is 348 g/mol. The van der Waals surface area contributed by atoms with Gasteiger partial charge in [0, 0.05) is 36.8 Å². The first-order valence-electron chi connectivity index (χ1n) is 9.25. The van der Waals surface area contributed by atoms with E-state index in [1.54, 1.807) is 12.3 Å². The number of fused-ring (bicyclic) bond motifs is 1. The topological polar surface area (TPSA) is 85.8 Å². The molecule has 2 heterocycles. The number of nitrogens with zero attached hydrogens (tertiary/aromatic N) is 3. The molecule has 27 heavy (non-hydrogen) atoms. The molecule has 0 aliphatic carbocycles. The van der Waals surface area contributed by atoms with Gasteiger partial charge in [0.1, 0.15) is 0 Å². The standard InChI is InChI=1S/C19H26N4O4/c1-4-26-16-9-14-11-20-19(23-5-7-25-8-6-23)22-15(14)10-17(16)27-12-18(24)21-13(2)3/h9-11,13H,4-8,12H2,1-3H3,(H,21,24). The molecule has 1 aliphatic heterocycles. The molecule has 1 aromatic carbocycles. The zero-order chi connectivity index (χ0) is 19.2. The lowest BCUT2D eigenvalue weighted by atomic mass is 10.2. The molecule has 146 valence electrons. The van der Waals surface area contributed by atoms with Gasteiger partial charge in [-0.15, -0.1) is 0 Å². The van der Waals surface area contributed by atoms with Crippen LogP contribution in [0.4, 0.5) is 5.95 Å². The van der Waals surface area contributed by atoms with Crippen molar-refractivity contribution in [1.82, 2.24) is 15.3 Å². The molecule has 0 atom stereocenters. The second kappa shape index (κ2) is 8.85. The summed E-state index contributed by atoms with van der Waals surface area (Å²) >= 11 is 0. The van der Waals surface area contributed by atoms with Crippen molar-refractivity contribution in [2.45, 2.75) is 26.8 Å². The molecule has 1 fully saturated rings. The van der Waals surface area contributed by atoms with E-state index < -0.39 is 0 Å². The smallest absolute Gasteiger partial charge is 0.258 e. The number of rotatable bonds is 7. The van der Waals surface area contributed by atoms with Crippen molar-refractivity contribution < 1.29 is 19.0 Å². The lowest BCUT2D eigenvalue weighted by Crippen LogP contribution is -2.37.